The molecule has 16 heavy (non-hydrogen) atoms. The third-order valence-electron chi connectivity index (χ3n) is 2.56. The van der Waals surface area contributed by atoms with Crippen molar-refractivity contribution in [2.75, 3.05) is 18.0 Å². The Morgan fingerprint density at radius 1 is 1.38 bits per heavy atom. The van der Waals surface area contributed by atoms with Crippen LogP contribution >= 0.6 is 0 Å². The molecule has 1 aliphatic rings. The van der Waals surface area contributed by atoms with E-state index in [0.29, 0.717) is 18.9 Å². The van der Waals surface area contributed by atoms with Crippen LogP contribution < -0.4 is 4.90 Å². The number of aromatic nitrogens is 1. The average molecular weight is 219 g/mol. The van der Waals surface area contributed by atoms with Crippen LogP contribution in [0.5, 0.6) is 0 Å². The summed E-state index contributed by atoms with van der Waals surface area (Å²) < 4.78 is 0. The normalized spacial score (nSPS) is 15.8. The maximum absolute atomic E-state index is 11.8. The van der Waals surface area contributed by atoms with Crippen LogP contribution in [0.1, 0.15) is 12.5 Å². The maximum atomic E-state index is 11.8. The summed E-state index contributed by atoms with van der Waals surface area (Å²) >= 11 is 0. The van der Waals surface area contributed by atoms with Gasteiger partial charge in [0.15, 0.2) is 0 Å². The molecule has 5 nitrogen and oxygen atoms in total. The lowest BCUT2D eigenvalue weighted by atomic mass is 10.3. The molecule has 0 bridgehead atoms. The highest BCUT2D eigenvalue weighted by molar-refractivity contribution is 6.03. The standard InChI is InChI=1S/C11H13N3O2/c1-8-3-4-10(12-7-8)14-6-5-13(9(2)15)11(14)16/h3-4,7H,5-6H2,1-2H3. The number of anilines is 1. The van der Waals surface area contributed by atoms with Crippen molar-refractivity contribution >= 4 is 17.8 Å². The molecule has 5 heteroatoms. The predicted octanol–water partition coefficient (Wildman–Crippen LogP) is 1.18. The van der Waals surface area contributed by atoms with Gasteiger partial charge in [0.1, 0.15) is 5.82 Å². The molecule has 0 spiro atoms. The van der Waals surface area contributed by atoms with Crippen molar-refractivity contribution in [1.29, 1.82) is 0 Å². The summed E-state index contributed by atoms with van der Waals surface area (Å²) in [4.78, 5) is 29.9. The van der Waals surface area contributed by atoms with E-state index in [1.807, 2.05) is 13.0 Å². The molecule has 0 atom stereocenters. The summed E-state index contributed by atoms with van der Waals surface area (Å²) in [6, 6.07) is 3.40. The number of imide groups is 1. The molecule has 0 unspecified atom stereocenters. The van der Waals surface area contributed by atoms with Gasteiger partial charge in [-0.1, -0.05) is 6.07 Å². The molecule has 2 rings (SSSR count). The van der Waals surface area contributed by atoms with Crippen LogP contribution in [-0.2, 0) is 4.79 Å². The van der Waals surface area contributed by atoms with Crippen LogP contribution in [0.3, 0.4) is 0 Å². The third-order valence-corrected chi connectivity index (χ3v) is 2.56. The van der Waals surface area contributed by atoms with Gasteiger partial charge in [0.2, 0.25) is 5.91 Å². The van der Waals surface area contributed by atoms with Crippen molar-refractivity contribution in [3.05, 3.63) is 23.9 Å². The largest absolute Gasteiger partial charge is 0.332 e. The topological polar surface area (TPSA) is 53.5 Å². The predicted molar refractivity (Wildman–Crippen MR) is 59.1 cm³/mol. The number of rotatable bonds is 1. The minimum absolute atomic E-state index is 0.223. The Bertz CT molecular complexity index is 427. The molecule has 2 heterocycles. The quantitative estimate of drug-likeness (QED) is 0.712. The summed E-state index contributed by atoms with van der Waals surface area (Å²) in [5, 5.41) is 0. The van der Waals surface area contributed by atoms with E-state index in [4.69, 9.17) is 0 Å². The van der Waals surface area contributed by atoms with E-state index in [9.17, 15) is 9.59 Å². The molecule has 84 valence electrons. The highest BCUT2D eigenvalue weighted by Crippen LogP contribution is 2.17. The fourth-order valence-electron chi connectivity index (χ4n) is 1.66. The van der Waals surface area contributed by atoms with E-state index in [2.05, 4.69) is 4.98 Å². The van der Waals surface area contributed by atoms with E-state index in [-0.39, 0.29) is 11.9 Å². The second-order valence-corrected chi connectivity index (χ2v) is 3.80. The number of hydrogen-bond donors (Lipinski definition) is 0. The van der Waals surface area contributed by atoms with Gasteiger partial charge in [-0.25, -0.2) is 9.78 Å². The van der Waals surface area contributed by atoms with Crippen molar-refractivity contribution in [2.24, 2.45) is 0 Å². The van der Waals surface area contributed by atoms with E-state index in [1.165, 1.54) is 16.7 Å². The number of urea groups is 1. The molecule has 1 fully saturated rings. The van der Waals surface area contributed by atoms with Crippen LogP contribution in [0.2, 0.25) is 0 Å². The summed E-state index contributed by atoms with van der Waals surface area (Å²) in [7, 11) is 0. The van der Waals surface area contributed by atoms with E-state index in [0.717, 1.165) is 5.56 Å². The Balaban J connectivity index is 2.21. The fraction of sp³-hybridized carbons (Fsp3) is 0.364. The maximum Gasteiger partial charge on any atom is 0.332 e. The number of nitrogens with zero attached hydrogens (tertiary/aromatic N) is 3. The number of aryl methyl sites for hydroxylation is 1. The summed E-state index contributed by atoms with van der Waals surface area (Å²) in [6.07, 6.45) is 1.71. The highest BCUT2D eigenvalue weighted by Gasteiger charge is 2.32. The first-order chi connectivity index (χ1) is 7.59. The molecule has 1 aliphatic heterocycles. The molecule has 0 aliphatic carbocycles. The van der Waals surface area contributed by atoms with Crippen molar-refractivity contribution in [2.45, 2.75) is 13.8 Å². The van der Waals surface area contributed by atoms with Crippen LogP contribution in [0.15, 0.2) is 18.3 Å². The van der Waals surface area contributed by atoms with Gasteiger partial charge in [-0.15, -0.1) is 0 Å². The Kier molecular flexibility index (Phi) is 2.60. The highest BCUT2D eigenvalue weighted by atomic mass is 16.2. The number of carbonyl (C=O) groups excluding carboxylic acids is 2. The Labute approximate surface area is 93.7 Å². The molecule has 0 saturated carbocycles. The molecule has 1 saturated heterocycles. The van der Waals surface area contributed by atoms with Crippen LogP contribution in [0, 0.1) is 6.92 Å². The van der Waals surface area contributed by atoms with Crippen molar-refractivity contribution in [1.82, 2.24) is 9.88 Å². The average Bonchev–Trinajstić information content (AvgIpc) is 2.61. The van der Waals surface area contributed by atoms with Gasteiger partial charge in [-0.05, 0) is 18.6 Å². The smallest absolute Gasteiger partial charge is 0.276 e. The van der Waals surface area contributed by atoms with Gasteiger partial charge >= 0.3 is 6.03 Å². The molecular weight excluding hydrogens is 206 g/mol. The van der Waals surface area contributed by atoms with Crippen molar-refractivity contribution < 1.29 is 9.59 Å². The van der Waals surface area contributed by atoms with Crippen LogP contribution in [0.25, 0.3) is 0 Å². The Hall–Kier alpha value is -1.91. The lowest BCUT2D eigenvalue weighted by Crippen LogP contribution is -2.35. The number of pyridine rings is 1. The van der Waals surface area contributed by atoms with Gasteiger partial charge < -0.3 is 0 Å². The Morgan fingerprint density at radius 2 is 2.12 bits per heavy atom. The molecule has 1 aromatic heterocycles. The van der Waals surface area contributed by atoms with Gasteiger partial charge in [0.25, 0.3) is 0 Å². The molecule has 0 aromatic carbocycles. The van der Waals surface area contributed by atoms with Gasteiger partial charge in [-0.2, -0.15) is 0 Å². The van der Waals surface area contributed by atoms with E-state index in [1.54, 1.807) is 12.3 Å². The minimum atomic E-state index is -0.288. The first-order valence-corrected chi connectivity index (χ1v) is 5.12. The molecule has 0 radical (unpaired) electrons. The zero-order chi connectivity index (χ0) is 11.7. The first kappa shape index (κ1) is 10.6. The van der Waals surface area contributed by atoms with Crippen molar-refractivity contribution in [3.8, 4) is 0 Å². The third kappa shape index (κ3) is 1.76. The molecule has 0 N–H and O–H groups in total. The van der Waals surface area contributed by atoms with Gasteiger partial charge in [0, 0.05) is 26.2 Å². The molecular formula is C11H13N3O2. The summed E-state index contributed by atoms with van der Waals surface area (Å²) in [5.41, 5.74) is 1.04. The van der Waals surface area contributed by atoms with E-state index >= 15 is 0 Å². The van der Waals surface area contributed by atoms with E-state index < -0.39 is 0 Å². The zero-order valence-corrected chi connectivity index (χ0v) is 9.30. The second kappa shape index (κ2) is 3.92. The van der Waals surface area contributed by atoms with Crippen LogP contribution in [0.4, 0.5) is 10.6 Å². The van der Waals surface area contributed by atoms with Crippen molar-refractivity contribution in [3.63, 3.8) is 0 Å². The first-order valence-electron chi connectivity index (χ1n) is 5.12. The zero-order valence-electron chi connectivity index (χ0n) is 9.30. The number of carbonyl (C=O) groups is 2. The second-order valence-electron chi connectivity index (χ2n) is 3.80. The Morgan fingerprint density at radius 3 is 2.62 bits per heavy atom. The summed E-state index contributed by atoms with van der Waals surface area (Å²) in [6.45, 7) is 4.27. The minimum Gasteiger partial charge on any atom is -0.276 e. The lowest BCUT2D eigenvalue weighted by Gasteiger charge is -2.15. The number of amides is 3. The van der Waals surface area contributed by atoms with Gasteiger partial charge in [0.05, 0.1) is 0 Å². The van der Waals surface area contributed by atoms with Gasteiger partial charge in [-0.3, -0.25) is 14.6 Å². The molecule has 1 aromatic rings. The monoisotopic (exact) mass is 219 g/mol. The SMILES string of the molecule is CC(=O)N1CCN(c2ccc(C)cn2)C1=O. The van der Waals surface area contributed by atoms with Crippen LogP contribution in [-0.4, -0.2) is 34.9 Å². The summed E-state index contributed by atoms with van der Waals surface area (Å²) in [5.74, 6) is 0.374. The molecule has 3 amide bonds. The fourth-order valence-corrected chi connectivity index (χ4v) is 1.66. The lowest BCUT2D eigenvalue weighted by molar-refractivity contribution is -0.125. The number of hydrogen-bond acceptors (Lipinski definition) is 3.